The molecule has 5 heteroatoms. The van der Waals surface area contributed by atoms with Crippen molar-refractivity contribution in [3.63, 3.8) is 0 Å². The Balaban J connectivity index is 0.00000289. The predicted molar refractivity (Wildman–Crippen MR) is 76.6 cm³/mol. The van der Waals surface area contributed by atoms with Crippen LogP contribution in [0, 0.1) is 13.8 Å². The summed E-state index contributed by atoms with van der Waals surface area (Å²) in [6.07, 6.45) is 0.976. The highest BCUT2D eigenvalue weighted by Gasteiger charge is 2.08. The first-order valence-corrected chi connectivity index (χ1v) is 5.82. The zero-order valence-corrected chi connectivity index (χ0v) is 11.9. The van der Waals surface area contributed by atoms with Crippen LogP contribution < -0.4 is 15.8 Å². The fourth-order valence-corrected chi connectivity index (χ4v) is 1.61. The average Bonchev–Trinajstić information content (AvgIpc) is 2.30. The third-order valence-electron chi connectivity index (χ3n) is 2.43. The largest absolute Gasteiger partial charge is 0.494 e. The third kappa shape index (κ3) is 4.55. The van der Waals surface area contributed by atoms with Crippen molar-refractivity contribution in [2.45, 2.75) is 27.2 Å². The lowest BCUT2D eigenvalue weighted by Gasteiger charge is -2.13. The van der Waals surface area contributed by atoms with Crippen molar-refractivity contribution in [2.24, 2.45) is 5.73 Å². The Bertz CT molecular complexity index is 385. The standard InChI is InChI=1S/C13H20N2O2.ClH/c1-4-5-17-11-6-9(2)13(10(3)7-11)15-12(16)8-14;/h6-7H,4-5,8,14H2,1-3H3,(H,15,16);1H. The summed E-state index contributed by atoms with van der Waals surface area (Å²) >= 11 is 0. The molecule has 0 radical (unpaired) electrons. The number of carbonyl (C=O) groups is 1. The lowest BCUT2D eigenvalue weighted by molar-refractivity contribution is -0.114. The van der Waals surface area contributed by atoms with Crippen molar-refractivity contribution in [2.75, 3.05) is 18.5 Å². The van der Waals surface area contributed by atoms with Gasteiger partial charge in [0.2, 0.25) is 5.91 Å². The van der Waals surface area contributed by atoms with E-state index in [-0.39, 0.29) is 24.9 Å². The second-order valence-corrected chi connectivity index (χ2v) is 4.03. The second-order valence-electron chi connectivity index (χ2n) is 4.03. The molecule has 0 aliphatic rings. The first kappa shape index (κ1) is 16.7. The molecule has 0 fully saturated rings. The Hall–Kier alpha value is -1.26. The maximum absolute atomic E-state index is 11.3. The zero-order valence-electron chi connectivity index (χ0n) is 11.1. The highest BCUT2D eigenvalue weighted by atomic mass is 35.5. The number of nitrogens with two attached hydrogens (primary N) is 1. The number of hydrogen-bond acceptors (Lipinski definition) is 3. The van der Waals surface area contributed by atoms with Gasteiger partial charge in [0.1, 0.15) is 5.75 Å². The van der Waals surface area contributed by atoms with E-state index in [0.29, 0.717) is 6.61 Å². The summed E-state index contributed by atoms with van der Waals surface area (Å²) in [7, 11) is 0. The summed E-state index contributed by atoms with van der Waals surface area (Å²) in [6, 6.07) is 3.85. The Labute approximate surface area is 114 Å². The summed E-state index contributed by atoms with van der Waals surface area (Å²) in [6.45, 7) is 6.64. The predicted octanol–water partition coefficient (Wildman–Crippen LogP) is 2.41. The summed E-state index contributed by atoms with van der Waals surface area (Å²) in [4.78, 5) is 11.3. The molecule has 0 spiro atoms. The maximum atomic E-state index is 11.3. The number of carbonyl (C=O) groups excluding carboxylic acids is 1. The van der Waals surface area contributed by atoms with Gasteiger partial charge in [0.25, 0.3) is 0 Å². The van der Waals surface area contributed by atoms with Crippen LogP contribution in [0.1, 0.15) is 24.5 Å². The fourth-order valence-electron chi connectivity index (χ4n) is 1.61. The molecule has 0 saturated carbocycles. The van der Waals surface area contributed by atoms with Crippen LogP contribution in [0.5, 0.6) is 5.75 Å². The number of hydrogen-bond donors (Lipinski definition) is 2. The van der Waals surface area contributed by atoms with E-state index in [4.69, 9.17) is 10.5 Å². The minimum Gasteiger partial charge on any atom is -0.494 e. The molecule has 0 saturated heterocycles. The molecule has 0 aromatic heterocycles. The Morgan fingerprint density at radius 2 is 1.89 bits per heavy atom. The highest BCUT2D eigenvalue weighted by molar-refractivity contribution is 5.93. The second kappa shape index (κ2) is 7.95. The molecule has 0 unspecified atom stereocenters. The van der Waals surface area contributed by atoms with Crippen LogP contribution in [-0.2, 0) is 4.79 Å². The van der Waals surface area contributed by atoms with Gasteiger partial charge in [-0.05, 0) is 43.5 Å². The van der Waals surface area contributed by atoms with E-state index >= 15 is 0 Å². The normalized spacial score (nSPS) is 9.56. The Kier molecular flexibility index (Phi) is 7.39. The van der Waals surface area contributed by atoms with Gasteiger partial charge in [-0.2, -0.15) is 0 Å². The van der Waals surface area contributed by atoms with Crippen LogP contribution in [0.15, 0.2) is 12.1 Å². The van der Waals surface area contributed by atoms with E-state index in [1.54, 1.807) is 0 Å². The van der Waals surface area contributed by atoms with E-state index < -0.39 is 0 Å². The molecule has 0 aliphatic carbocycles. The number of halogens is 1. The molecule has 1 amide bonds. The van der Waals surface area contributed by atoms with Crippen molar-refractivity contribution in [3.8, 4) is 5.75 Å². The van der Waals surface area contributed by atoms with Crippen LogP contribution in [0.2, 0.25) is 0 Å². The van der Waals surface area contributed by atoms with Crippen molar-refractivity contribution in [1.29, 1.82) is 0 Å². The number of aryl methyl sites for hydroxylation is 2. The fraction of sp³-hybridized carbons (Fsp3) is 0.462. The van der Waals surface area contributed by atoms with Crippen LogP contribution in [-0.4, -0.2) is 19.1 Å². The van der Waals surface area contributed by atoms with E-state index in [1.807, 2.05) is 26.0 Å². The van der Waals surface area contributed by atoms with Crippen molar-refractivity contribution >= 4 is 24.0 Å². The first-order chi connectivity index (χ1) is 8.08. The topological polar surface area (TPSA) is 64.3 Å². The molecule has 1 rings (SSSR count). The molecule has 0 bridgehead atoms. The van der Waals surface area contributed by atoms with E-state index in [1.165, 1.54) is 0 Å². The number of nitrogens with one attached hydrogen (secondary N) is 1. The van der Waals surface area contributed by atoms with Crippen molar-refractivity contribution in [3.05, 3.63) is 23.3 Å². The smallest absolute Gasteiger partial charge is 0.238 e. The molecule has 102 valence electrons. The molecular formula is C13H21ClN2O2. The maximum Gasteiger partial charge on any atom is 0.238 e. The summed E-state index contributed by atoms with van der Waals surface area (Å²) < 4.78 is 5.57. The lowest BCUT2D eigenvalue weighted by Crippen LogP contribution is -2.22. The number of rotatable bonds is 5. The average molecular weight is 273 g/mol. The number of ether oxygens (including phenoxy) is 1. The molecule has 0 aliphatic heterocycles. The molecule has 4 nitrogen and oxygen atoms in total. The van der Waals surface area contributed by atoms with Crippen LogP contribution >= 0.6 is 12.4 Å². The molecule has 1 aromatic carbocycles. The number of benzene rings is 1. The van der Waals surface area contributed by atoms with Gasteiger partial charge in [0, 0.05) is 5.69 Å². The van der Waals surface area contributed by atoms with E-state index in [9.17, 15) is 4.79 Å². The van der Waals surface area contributed by atoms with Crippen LogP contribution in [0.4, 0.5) is 5.69 Å². The molecule has 18 heavy (non-hydrogen) atoms. The quantitative estimate of drug-likeness (QED) is 0.865. The first-order valence-electron chi connectivity index (χ1n) is 5.82. The molecule has 0 atom stereocenters. The minimum atomic E-state index is -0.182. The van der Waals surface area contributed by atoms with Gasteiger partial charge in [0.05, 0.1) is 13.2 Å². The Morgan fingerprint density at radius 3 is 2.33 bits per heavy atom. The van der Waals surface area contributed by atoms with Gasteiger partial charge in [-0.1, -0.05) is 6.92 Å². The molecular weight excluding hydrogens is 252 g/mol. The summed E-state index contributed by atoms with van der Waals surface area (Å²) in [5, 5.41) is 2.79. The van der Waals surface area contributed by atoms with Gasteiger partial charge < -0.3 is 15.8 Å². The van der Waals surface area contributed by atoms with Gasteiger partial charge in [-0.3, -0.25) is 4.79 Å². The number of anilines is 1. The van der Waals surface area contributed by atoms with Crippen LogP contribution in [0.3, 0.4) is 0 Å². The minimum absolute atomic E-state index is 0. The van der Waals surface area contributed by atoms with Gasteiger partial charge in [-0.15, -0.1) is 12.4 Å². The lowest BCUT2D eigenvalue weighted by atomic mass is 10.1. The monoisotopic (exact) mass is 272 g/mol. The van der Waals surface area contributed by atoms with E-state index in [2.05, 4.69) is 12.2 Å². The summed E-state index contributed by atoms with van der Waals surface area (Å²) in [5.41, 5.74) is 8.07. The highest BCUT2D eigenvalue weighted by Crippen LogP contribution is 2.26. The molecule has 0 heterocycles. The van der Waals surface area contributed by atoms with Gasteiger partial charge >= 0.3 is 0 Å². The van der Waals surface area contributed by atoms with Crippen molar-refractivity contribution in [1.82, 2.24) is 0 Å². The summed E-state index contributed by atoms with van der Waals surface area (Å²) in [5.74, 6) is 0.658. The Morgan fingerprint density at radius 1 is 1.33 bits per heavy atom. The van der Waals surface area contributed by atoms with E-state index in [0.717, 1.165) is 29.0 Å². The number of amides is 1. The zero-order chi connectivity index (χ0) is 12.8. The van der Waals surface area contributed by atoms with Gasteiger partial charge in [0.15, 0.2) is 0 Å². The SMILES string of the molecule is CCCOc1cc(C)c(NC(=O)CN)c(C)c1.Cl. The molecule has 3 N–H and O–H groups in total. The molecule has 1 aromatic rings. The third-order valence-corrected chi connectivity index (χ3v) is 2.43. The van der Waals surface area contributed by atoms with Crippen LogP contribution in [0.25, 0.3) is 0 Å². The van der Waals surface area contributed by atoms with Gasteiger partial charge in [-0.25, -0.2) is 0 Å². The van der Waals surface area contributed by atoms with Crippen molar-refractivity contribution < 1.29 is 9.53 Å².